The van der Waals surface area contributed by atoms with Crippen molar-refractivity contribution in [3.05, 3.63) is 58.0 Å². The zero-order valence-corrected chi connectivity index (χ0v) is 21.3. The first-order chi connectivity index (χ1) is 17.9. The molecule has 4 rings (SSSR count). The van der Waals surface area contributed by atoms with E-state index in [9.17, 15) is 26.4 Å². The smallest absolute Gasteiger partial charge is 0.417 e. The van der Waals surface area contributed by atoms with E-state index < -0.39 is 34.9 Å². The normalized spacial score (nSPS) is 15.6. The summed E-state index contributed by atoms with van der Waals surface area (Å²) in [5, 5.41) is 8.43. The summed E-state index contributed by atoms with van der Waals surface area (Å²) >= 11 is 6.14. The highest BCUT2D eigenvalue weighted by molar-refractivity contribution is 7.86. The maximum Gasteiger partial charge on any atom is 0.417 e. The van der Waals surface area contributed by atoms with Gasteiger partial charge >= 0.3 is 12.2 Å². The van der Waals surface area contributed by atoms with E-state index >= 15 is 0 Å². The molecule has 0 radical (unpaired) electrons. The molecule has 1 N–H and O–H groups in total. The summed E-state index contributed by atoms with van der Waals surface area (Å²) in [5.41, 5.74) is 0.455. The van der Waals surface area contributed by atoms with Crippen LogP contribution in [0.25, 0.3) is 16.2 Å². The van der Waals surface area contributed by atoms with E-state index in [1.807, 2.05) is 0 Å². The minimum atomic E-state index is -5.04. The average molecular weight is 572 g/mol. The molecule has 1 aromatic carbocycles. The quantitative estimate of drug-likeness (QED) is 0.478. The third kappa shape index (κ3) is 6.15. The predicted octanol–water partition coefficient (Wildman–Crippen LogP) is 3.82. The summed E-state index contributed by atoms with van der Waals surface area (Å²) in [6.45, 7) is -1.03. The van der Waals surface area contributed by atoms with Gasteiger partial charge in [-0.15, -0.1) is 0 Å². The molecule has 11 nitrogen and oxygen atoms in total. The molecule has 0 aliphatic carbocycles. The number of hydrogen-bond acceptors (Lipinski definition) is 8. The Morgan fingerprint density at radius 2 is 2.13 bits per heavy atom. The highest BCUT2D eigenvalue weighted by atomic mass is 35.5. The van der Waals surface area contributed by atoms with Gasteiger partial charge < -0.3 is 10.1 Å². The van der Waals surface area contributed by atoms with E-state index in [0.717, 1.165) is 10.9 Å². The number of halogens is 4. The molecule has 38 heavy (non-hydrogen) atoms. The van der Waals surface area contributed by atoms with Gasteiger partial charge in [-0.2, -0.15) is 26.7 Å². The third-order valence-electron chi connectivity index (χ3n) is 5.14. The molecule has 0 bridgehead atoms. The molecule has 0 fully saturated rings. The van der Waals surface area contributed by atoms with Crippen LogP contribution in [0.4, 0.5) is 18.9 Å². The topological polar surface area (TPSA) is 119 Å². The van der Waals surface area contributed by atoms with Crippen molar-refractivity contribution in [1.29, 1.82) is 0 Å². The number of amides is 1. The van der Waals surface area contributed by atoms with Gasteiger partial charge in [0.2, 0.25) is 5.82 Å². The van der Waals surface area contributed by atoms with Crippen LogP contribution in [0.3, 0.4) is 0 Å². The Kier molecular flexibility index (Phi) is 7.49. The van der Waals surface area contributed by atoms with Crippen LogP contribution >= 0.6 is 11.6 Å². The molecule has 2 aromatic rings. The van der Waals surface area contributed by atoms with Crippen molar-refractivity contribution in [2.75, 3.05) is 18.7 Å². The number of alkyl halides is 3. The Morgan fingerprint density at radius 1 is 1.37 bits per heavy atom. The van der Waals surface area contributed by atoms with Crippen molar-refractivity contribution in [3.63, 3.8) is 0 Å². The van der Waals surface area contributed by atoms with Crippen molar-refractivity contribution in [1.82, 2.24) is 14.8 Å². The number of methoxy groups -OCH3 is 1. The van der Waals surface area contributed by atoms with E-state index in [2.05, 4.69) is 30.6 Å². The highest BCUT2D eigenvalue weighted by Crippen LogP contribution is 2.37. The number of anilines is 1. The molecule has 0 spiro atoms. The Hall–Kier alpha value is -3.87. The lowest BCUT2D eigenvalue weighted by molar-refractivity contribution is -0.198. The molecule has 1 amide bonds. The van der Waals surface area contributed by atoms with E-state index in [-0.39, 0.29) is 45.5 Å². The lowest BCUT2D eigenvalue weighted by Gasteiger charge is -2.19. The summed E-state index contributed by atoms with van der Waals surface area (Å²) in [7, 11) is -3.09. The van der Waals surface area contributed by atoms with Crippen LogP contribution in [-0.2, 0) is 25.6 Å². The number of benzene rings is 1. The van der Waals surface area contributed by atoms with Crippen molar-refractivity contribution in [2.45, 2.75) is 25.2 Å². The monoisotopic (exact) mass is 571 g/mol. The molecule has 1 atom stereocenters. The molecule has 2 aliphatic heterocycles. The van der Waals surface area contributed by atoms with Gasteiger partial charge in [0, 0.05) is 28.0 Å². The van der Waals surface area contributed by atoms with E-state index in [1.165, 1.54) is 36.5 Å². The molecule has 16 heteroatoms. The van der Waals surface area contributed by atoms with Crippen molar-refractivity contribution in [2.24, 2.45) is 4.99 Å². The Balaban J connectivity index is 1.76. The summed E-state index contributed by atoms with van der Waals surface area (Å²) < 4.78 is 74.0. The standard InChI is InChI=1S/C22H18ClF3N6O5S/c1-36-17-5-4-13(23)10-15(17)19-16(11-31(30-19)12-18(22(24,25)26)37-38(2,34)35)29-21(33)14-6-8-28-32-9-3-7-27-20(14)32/h3-5,7,9-11,18H,6,12H2,1-2H3/p+1/t18-/m1/s1. The second-order valence-electron chi connectivity index (χ2n) is 7.94. The van der Waals surface area contributed by atoms with E-state index in [0.29, 0.717) is 6.26 Å². The predicted molar refractivity (Wildman–Crippen MR) is 132 cm³/mol. The number of aromatic nitrogens is 2. The molecular formula is C22H19ClF3N6O5S+. The first kappa shape index (κ1) is 27.2. The minimum Gasteiger partial charge on any atom is -0.496 e. The maximum absolute atomic E-state index is 13.6. The molecule has 0 saturated carbocycles. The molecule has 2 aliphatic rings. The summed E-state index contributed by atoms with van der Waals surface area (Å²) in [4.78, 5) is 21.4. The molecule has 0 saturated heterocycles. The summed E-state index contributed by atoms with van der Waals surface area (Å²) in [6.07, 6.45) is -1.47. The lowest BCUT2D eigenvalue weighted by Crippen LogP contribution is -2.37. The first-order valence-corrected chi connectivity index (χ1v) is 12.9. The third-order valence-corrected chi connectivity index (χ3v) is 5.96. The van der Waals surface area contributed by atoms with Crippen LogP contribution in [0.1, 0.15) is 6.42 Å². The fourth-order valence-electron chi connectivity index (χ4n) is 3.55. The molecule has 3 heterocycles. The average Bonchev–Trinajstić information content (AvgIpc) is 3.23. The fraction of sp³-hybridized carbons (Fsp3) is 0.273. The Labute approximate surface area is 219 Å². The molecular weight excluding hydrogens is 553 g/mol. The minimum absolute atomic E-state index is 0.00617. The van der Waals surface area contributed by atoms with Gasteiger partial charge in [0.15, 0.2) is 6.10 Å². The van der Waals surface area contributed by atoms with Crippen molar-refractivity contribution < 1.29 is 35.3 Å². The number of carbonyl (C=O) groups excluding carboxylic acids is 1. The van der Waals surface area contributed by atoms with E-state index in [1.54, 1.807) is 12.3 Å². The number of ether oxygens (including phenoxy) is 1. The van der Waals surface area contributed by atoms with E-state index in [4.69, 9.17) is 16.3 Å². The molecule has 0 unspecified atom stereocenters. The van der Waals surface area contributed by atoms with Crippen LogP contribution in [0.5, 0.6) is 5.75 Å². The number of hydrogen-bond donors (Lipinski definition) is 1. The first-order valence-electron chi connectivity index (χ1n) is 10.7. The fourth-order valence-corrected chi connectivity index (χ4v) is 4.31. The van der Waals surface area contributed by atoms with Gasteiger partial charge in [-0.3, -0.25) is 13.7 Å². The number of rotatable bonds is 8. The van der Waals surface area contributed by atoms with Crippen molar-refractivity contribution >= 4 is 39.5 Å². The number of fused-ring (bicyclic) bond motifs is 1. The van der Waals surface area contributed by atoms with Gasteiger partial charge in [-0.25, -0.2) is 4.99 Å². The van der Waals surface area contributed by atoms with Crippen LogP contribution < -0.4 is 10.1 Å². The highest BCUT2D eigenvalue weighted by Gasteiger charge is 2.44. The second kappa shape index (κ2) is 10.5. The molecule has 1 aromatic heterocycles. The van der Waals surface area contributed by atoms with Crippen LogP contribution in [-0.4, -0.2) is 61.0 Å². The molecule has 200 valence electrons. The maximum atomic E-state index is 13.6. The van der Waals surface area contributed by atoms with Crippen LogP contribution in [0.15, 0.2) is 53.1 Å². The van der Waals surface area contributed by atoms with Gasteiger partial charge in [-0.1, -0.05) is 11.6 Å². The second-order valence-corrected chi connectivity index (χ2v) is 9.98. The number of allylic oxidation sites excluding steroid dienone is 1. The number of aliphatic imine (C=N–C) groups is 1. The number of carbonyl (C=O) groups is 1. The largest absolute Gasteiger partial charge is 0.496 e. The number of nitrogens with zero attached hydrogens (tertiary/aromatic N) is 5. The zero-order chi connectivity index (χ0) is 27.7. The number of nitrogens with one attached hydrogen (secondary N) is 1. The van der Waals surface area contributed by atoms with Crippen molar-refractivity contribution in [3.8, 4) is 23.1 Å². The van der Waals surface area contributed by atoms with Gasteiger partial charge in [-0.05, 0) is 24.3 Å². The van der Waals surface area contributed by atoms with Gasteiger partial charge in [0.1, 0.15) is 17.9 Å². The van der Waals surface area contributed by atoms with Gasteiger partial charge in [0.05, 0.1) is 42.3 Å². The SMILES string of the molecule is COc1ccc(Cl)cc1-c1nn(C[C@@H](OS(C)(=O)=O)C(F)(F)F)cc1NC(=O)C1=C2N=CC=CN2[N+]#CC1. The van der Waals surface area contributed by atoms with Crippen LogP contribution in [0, 0.1) is 6.07 Å². The Bertz CT molecular complexity index is 1540. The van der Waals surface area contributed by atoms with Gasteiger partial charge in [0.25, 0.3) is 16.0 Å². The zero-order valence-electron chi connectivity index (χ0n) is 19.7. The van der Waals surface area contributed by atoms with Crippen LogP contribution in [0.2, 0.25) is 5.02 Å². The Morgan fingerprint density at radius 3 is 2.82 bits per heavy atom. The summed E-state index contributed by atoms with van der Waals surface area (Å²) in [6, 6.07) is 7.20. The lowest BCUT2D eigenvalue weighted by atomic mass is 10.1. The summed E-state index contributed by atoms with van der Waals surface area (Å²) in [5.74, 6) is -0.124.